The minimum Gasteiger partial charge on any atom is -0.508 e. The highest BCUT2D eigenvalue weighted by Gasteiger charge is 2.36. The number of carbonyl (C=O) groups excluding carboxylic acids is 3. The average Bonchev–Trinajstić information content (AvgIpc) is 0.790. The molecule has 0 saturated heterocycles. The molecule has 0 fully saturated rings. The zero-order valence-electron chi connectivity index (χ0n) is 67.6. The van der Waals surface area contributed by atoms with Crippen LogP contribution in [0.4, 0.5) is 10.5 Å². The molecule has 128 heavy (non-hydrogen) atoms. The van der Waals surface area contributed by atoms with Crippen molar-refractivity contribution in [2.75, 3.05) is 18.4 Å². The lowest BCUT2D eigenvalue weighted by atomic mass is 9.91. The van der Waals surface area contributed by atoms with Crippen LogP contribution in [0, 0.1) is 0 Å². The van der Waals surface area contributed by atoms with Crippen molar-refractivity contribution < 1.29 is 146 Å². The van der Waals surface area contributed by atoms with Gasteiger partial charge in [-0.1, -0.05) is 54.6 Å². The van der Waals surface area contributed by atoms with E-state index in [0.717, 1.165) is 34.4 Å². The molecule has 36 nitrogen and oxygen atoms in total. The Balaban J connectivity index is 0.000000168. The Kier molecular flexibility index (Phi) is 31.7. The van der Waals surface area contributed by atoms with Crippen LogP contribution in [0.3, 0.4) is 0 Å². The quantitative estimate of drug-likeness (QED) is 0.0122. The fourth-order valence-corrected chi connectivity index (χ4v) is 12.9. The van der Waals surface area contributed by atoms with E-state index < -0.39 is 30.1 Å². The number of aromatic hydroxyl groups is 24. The van der Waals surface area contributed by atoms with E-state index in [1.54, 1.807) is 54.6 Å². The van der Waals surface area contributed by atoms with Gasteiger partial charge >= 0.3 is 6.03 Å². The van der Waals surface area contributed by atoms with Crippen molar-refractivity contribution in [3.05, 3.63) is 280 Å². The van der Waals surface area contributed by atoms with Crippen LogP contribution in [0.25, 0.3) is 0 Å². The number of phenols is 24. The number of urea groups is 1. The summed E-state index contributed by atoms with van der Waals surface area (Å²) in [5.74, 6) is -5.32. The summed E-state index contributed by atoms with van der Waals surface area (Å²) in [6, 6.07) is 48.0. The third-order valence-electron chi connectivity index (χ3n) is 19.7. The van der Waals surface area contributed by atoms with Gasteiger partial charge in [0, 0.05) is 92.0 Å². The first-order valence-electron chi connectivity index (χ1n) is 39.0. The minimum absolute atomic E-state index is 0.0720. The zero-order valence-corrected chi connectivity index (χ0v) is 67.6. The second-order valence-electron chi connectivity index (χ2n) is 29.1. The van der Waals surface area contributed by atoms with Crippen molar-refractivity contribution in [1.29, 1.82) is 0 Å². The second kappa shape index (κ2) is 43.4. The largest absolute Gasteiger partial charge is 0.508 e. The highest BCUT2D eigenvalue weighted by atomic mass is 16.5. The Bertz CT molecular complexity index is 5850. The number of carbonyl (C=O) groups is 3. The maximum absolute atomic E-state index is 11.7. The summed E-state index contributed by atoms with van der Waals surface area (Å²) in [7, 11) is 0. The van der Waals surface area contributed by atoms with Crippen LogP contribution in [0.15, 0.2) is 218 Å². The molecule has 12 aromatic carbocycles. The molecule has 14 rings (SSSR count). The number of anilines is 1. The summed E-state index contributed by atoms with van der Waals surface area (Å²) in [6.45, 7) is 2.47. The number of nitrogens with one attached hydrogen (secondary N) is 7. The molecule has 4 amide bonds. The Hall–Kier alpha value is -16.7. The van der Waals surface area contributed by atoms with E-state index in [4.69, 9.17) is 14.6 Å². The number of benzene rings is 12. The second-order valence-corrected chi connectivity index (χ2v) is 29.1. The van der Waals surface area contributed by atoms with Crippen molar-refractivity contribution in [2.45, 2.75) is 82.7 Å². The van der Waals surface area contributed by atoms with E-state index in [-0.39, 0.29) is 170 Å². The van der Waals surface area contributed by atoms with E-state index in [1.807, 2.05) is 0 Å². The number of rotatable bonds is 23. The van der Waals surface area contributed by atoms with Crippen molar-refractivity contribution in [1.82, 2.24) is 31.9 Å². The van der Waals surface area contributed by atoms with E-state index in [2.05, 4.69) is 37.2 Å². The van der Waals surface area contributed by atoms with Crippen LogP contribution in [0.2, 0.25) is 0 Å². The van der Waals surface area contributed by atoms with Gasteiger partial charge in [0.1, 0.15) is 46.7 Å². The average molecular weight is 1760 g/mol. The van der Waals surface area contributed by atoms with Crippen LogP contribution in [-0.2, 0) is 68.0 Å². The predicted molar refractivity (Wildman–Crippen MR) is 462 cm³/mol. The molecule has 31 N–H and O–H groups in total. The van der Waals surface area contributed by atoms with Gasteiger partial charge in [-0.15, -0.1) is 0 Å². The molecule has 2 aliphatic rings. The standard InChI is InChI=1S/C23H23NO7.C22H21NO7.C18H18N2O6.C15H17NO4.C14H14N2O5/c25-14-9-19(28)15-11-16(24-6-5-12-1-3-17(26)20(29)7-12)23(31-22(15)10-14)13-2-4-18(27)21(30)8-13;24-13-7-18(27)14-9-15(23-10-11-1-3-16(25)19(28)5-11)22(30-21(14)8-13)12-2-4-17(26)20(29)6-12;21-13-3-1-11(7-15(13)23)9-19-17(25)5-6-18(26)20-10-12-2-4-14(22)16(24)8-12;17-12-3-1-10(7-14(12)19)5-6-16-9-11-2-4-13(18)15(20)8-11;17-10-3-1-8(5-12(10)19)7-15-14(21)16-9-2-4-11(18)13(20)6-9/h1-4,7-10,16,23-30H,5-6,11H2;1-8,15,22-29H,9-10H2;1-8,21-24H,9-10H2,(H,19,25)(H,20,26);1-4,7-8,16-20H,5-6,9H2;1-6,17-20H,7H2,(H2,15,16,21)/b;;6-5+;;/t16-,23-;15-,22-;;;/m11.../s1. The van der Waals surface area contributed by atoms with Gasteiger partial charge in [0.05, 0.1) is 12.1 Å². The first-order valence-corrected chi connectivity index (χ1v) is 39.0. The molecule has 2 heterocycles. The van der Waals surface area contributed by atoms with Crippen LogP contribution >= 0.6 is 0 Å². The van der Waals surface area contributed by atoms with E-state index >= 15 is 0 Å². The van der Waals surface area contributed by atoms with Gasteiger partial charge < -0.3 is 169 Å². The summed E-state index contributed by atoms with van der Waals surface area (Å²) < 4.78 is 12.1. The van der Waals surface area contributed by atoms with E-state index in [0.29, 0.717) is 108 Å². The lowest BCUT2D eigenvalue weighted by Crippen LogP contribution is -2.42. The Morgan fingerprint density at radius 1 is 0.281 bits per heavy atom. The third-order valence-corrected chi connectivity index (χ3v) is 19.7. The molecule has 12 aromatic rings. The number of ether oxygens (including phenoxy) is 2. The lowest BCUT2D eigenvalue weighted by molar-refractivity contribution is -0.118. The Morgan fingerprint density at radius 2 is 0.578 bits per heavy atom. The molecule has 0 aromatic heterocycles. The van der Waals surface area contributed by atoms with Crippen LogP contribution in [0.1, 0.15) is 73.4 Å². The molecule has 2 aliphatic heterocycles. The molecule has 0 aliphatic carbocycles. The number of hydrogen-bond donors (Lipinski definition) is 31. The van der Waals surface area contributed by atoms with Crippen LogP contribution in [0.5, 0.6) is 149 Å². The van der Waals surface area contributed by atoms with Gasteiger partial charge in [0.15, 0.2) is 115 Å². The van der Waals surface area contributed by atoms with Crippen molar-refractivity contribution in [2.24, 2.45) is 0 Å². The van der Waals surface area contributed by atoms with E-state index in [1.165, 1.54) is 152 Å². The Labute approximate surface area is 728 Å². The molecule has 0 bridgehead atoms. The number of phenolic OH excluding ortho intramolecular Hbond substituents is 24. The molecule has 670 valence electrons. The summed E-state index contributed by atoms with van der Waals surface area (Å²) in [4.78, 5) is 35.0. The number of amides is 4. The summed E-state index contributed by atoms with van der Waals surface area (Å²) in [5, 5.41) is 249. The molecule has 0 unspecified atom stereocenters. The SMILES string of the molecule is O=C(/C=C/C(=O)NCc1ccc(O)c(O)c1)NCc1ccc(O)c(O)c1.O=C(NCc1ccc(O)c(O)c1)Nc1ccc(O)c(O)c1.Oc1cc(O)c2c(c1)O[C@H](c1ccc(O)c(O)c1)[C@H](NCCc1ccc(O)c(O)c1)C2.Oc1cc(O)c2c(c1)O[C@H](c1ccc(O)c(O)c1)[C@H](NCc1ccc(O)c(O)c1)C2.Oc1ccc(CCNCc2ccc(O)c(O)c2)cc1O. The van der Waals surface area contributed by atoms with Gasteiger partial charge in [-0.2, -0.15) is 0 Å². The monoisotopic (exact) mass is 1760 g/mol. The smallest absolute Gasteiger partial charge is 0.319 e. The van der Waals surface area contributed by atoms with Crippen molar-refractivity contribution in [3.63, 3.8) is 0 Å². The van der Waals surface area contributed by atoms with Gasteiger partial charge in [-0.3, -0.25) is 9.59 Å². The summed E-state index contributed by atoms with van der Waals surface area (Å²) >= 11 is 0. The normalized spacial score (nSPS) is 13.9. The zero-order chi connectivity index (χ0) is 92.6. The topological polar surface area (TPSA) is 639 Å². The van der Waals surface area contributed by atoms with Gasteiger partial charge in [-0.05, 0) is 210 Å². The first kappa shape index (κ1) is 93.5. The maximum Gasteiger partial charge on any atom is 0.319 e. The minimum atomic E-state index is -0.601. The molecule has 0 spiro atoms. The Morgan fingerprint density at radius 3 is 0.938 bits per heavy atom. The molecule has 0 radical (unpaired) electrons. The van der Waals surface area contributed by atoms with Gasteiger partial charge in [0.25, 0.3) is 0 Å². The van der Waals surface area contributed by atoms with Crippen molar-refractivity contribution in [3.8, 4) is 149 Å². The first-order chi connectivity index (χ1) is 61.0. The number of fused-ring (bicyclic) bond motifs is 2. The number of hydrogen-bond acceptors (Lipinski definition) is 32. The maximum atomic E-state index is 11.7. The molecule has 36 heteroatoms. The fourth-order valence-electron chi connectivity index (χ4n) is 12.9. The van der Waals surface area contributed by atoms with Crippen LogP contribution < -0.4 is 46.7 Å². The highest BCUT2D eigenvalue weighted by molar-refractivity contribution is 5.96. The third kappa shape index (κ3) is 26.6. The molecule has 4 atom stereocenters. The molecular formula is C92H93N7O29. The molecular weight excluding hydrogens is 1670 g/mol. The summed E-state index contributed by atoms with van der Waals surface area (Å²) in [5.41, 5.74) is 7.70. The molecule has 0 saturated carbocycles. The van der Waals surface area contributed by atoms with E-state index in [9.17, 15) is 132 Å². The highest BCUT2D eigenvalue weighted by Crippen LogP contribution is 2.46. The van der Waals surface area contributed by atoms with Crippen molar-refractivity contribution >= 4 is 23.5 Å². The lowest BCUT2D eigenvalue weighted by Gasteiger charge is -2.35. The van der Waals surface area contributed by atoms with Crippen LogP contribution in [-0.4, -0.2) is 166 Å². The predicted octanol–water partition coefficient (Wildman–Crippen LogP) is 10.2. The van der Waals surface area contributed by atoms with Gasteiger partial charge in [0.2, 0.25) is 11.8 Å². The summed E-state index contributed by atoms with van der Waals surface area (Å²) in [6.07, 6.45) is 2.98. The fraction of sp³-hybridized carbons (Fsp3) is 0.163. The van der Waals surface area contributed by atoms with Gasteiger partial charge in [-0.25, -0.2) is 4.79 Å².